The lowest BCUT2D eigenvalue weighted by Gasteiger charge is -2.37. The zero-order valence-corrected chi connectivity index (χ0v) is 37.3. The van der Waals surface area contributed by atoms with Crippen molar-refractivity contribution in [1.29, 1.82) is 21.0 Å². The summed E-state index contributed by atoms with van der Waals surface area (Å²) in [5.74, 6) is 2.79. The Morgan fingerprint density at radius 1 is 0.597 bits per heavy atom. The normalized spacial score (nSPS) is 17.0. The lowest BCUT2D eigenvalue weighted by atomic mass is 9.83. The largest absolute Gasteiger partial charge is 0.461 e. The van der Waals surface area contributed by atoms with Gasteiger partial charge in [-0.3, -0.25) is 0 Å². The number of nitrogens with zero attached hydrogens (tertiary/aromatic N) is 6. The molecular formula is C59H46N6O2. The number of hydrogen-bond acceptors (Lipinski definition) is 8. The Morgan fingerprint density at radius 2 is 1.22 bits per heavy atom. The molecule has 0 bridgehead atoms. The molecule has 1 aliphatic carbocycles. The highest BCUT2D eigenvalue weighted by Gasteiger charge is 2.29. The van der Waals surface area contributed by atoms with E-state index >= 15 is 0 Å². The molecule has 1 unspecified atom stereocenters. The van der Waals surface area contributed by atoms with E-state index in [9.17, 15) is 21.0 Å². The average Bonchev–Trinajstić information content (AvgIpc) is 3.37. The molecule has 0 aromatic heterocycles. The van der Waals surface area contributed by atoms with Crippen LogP contribution in [0.5, 0.6) is 5.75 Å². The lowest BCUT2D eigenvalue weighted by Crippen LogP contribution is -2.34. The molecule has 1 atom stereocenters. The van der Waals surface area contributed by atoms with Crippen molar-refractivity contribution in [3.8, 4) is 41.2 Å². The highest BCUT2D eigenvalue weighted by atomic mass is 16.5. The number of fused-ring (bicyclic) bond motifs is 1. The Balaban J connectivity index is 0.937. The van der Waals surface area contributed by atoms with Gasteiger partial charge in [0.25, 0.3) is 0 Å². The molecule has 8 nitrogen and oxygen atoms in total. The van der Waals surface area contributed by atoms with E-state index < -0.39 is 0 Å². The predicted octanol–water partition coefficient (Wildman–Crippen LogP) is 13.7. The van der Waals surface area contributed by atoms with Gasteiger partial charge in [-0.2, -0.15) is 21.0 Å². The quantitative estimate of drug-likeness (QED) is 0.141. The number of aryl methyl sites for hydroxylation is 2. The van der Waals surface area contributed by atoms with E-state index in [0.717, 1.165) is 109 Å². The van der Waals surface area contributed by atoms with E-state index in [0.29, 0.717) is 34.0 Å². The van der Waals surface area contributed by atoms with E-state index in [1.807, 2.05) is 66.8 Å². The molecule has 0 fully saturated rings. The van der Waals surface area contributed by atoms with Gasteiger partial charge >= 0.3 is 0 Å². The van der Waals surface area contributed by atoms with Crippen LogP contribution in [0.4, 0.5) is 22.7 Å². The molecule has 0 spiro atoms. The second-order valence-corrected chi connectivity index (χ2v) is 17.5. The number of anilines is 4. The van der Waals surface area contributed by atoms with Crippen molar-refractivity contribution < 1.29 is 9.47 Å². The van der Waals surface area contributed by atoms with E-state index in [4.69, 9.17) is 9.47 Å². The summed E-state index contributed by atoms with van der Waals surface area (Å²) in [5, 5.41) is 39.5. The fraction of sp³-hybridized carbons (Fsp3) is 0.186. The fourth-order valence-corrected chi connectivity index (χ4v) is 10.1. The maximum Gasteiger partial charge on any atom is 0.137 e. The lowest BCUT2D eigenvalue weighted by molar-refractivity contribution is 0.243. The summed E-state index contributed by atoms with van der Waals surface area (Å²) in [5.41, 5.74) is 14.1. The molecule has 4 heterocycles. The molecule has 5 aliphatic rings. The molecule has 0 amide bonds. The van der Waals surface area contributed by atoms with Gasteiger partial charge in [0.2, 0.25) is 0 Å². The molecule has 67 heavy (non-hydrogen) atoms. The molecule has 324 valence electrons. The zero-order chi connectivity index (χ0) is 45.9. The molecule has 8 heteroatoms. The number of nitriles is 4. The minimum atomic E-state index is 0.0318. The van der Waals surface area contributed by atoms with Gasteiger partial charge < -0.3 is 19.3 Å². The molecule has 0 N–H and O–H groups in total. The monoisotopic (exact) mass is 870 g/mol. The third-order valence-corrected chi connectivity index (χ3v) is 13.3. The first-order valence-corrected chi connectivity index (χ1v) is 23.0. The number of benzene rings is 5. The van der Waals surface area contributed by atoms with Crippen LogP contribution in [-0.2, 0) is 17.6 Å². The van der Waals surface area contributed by atoms with Crippen LogP contribution in [0, 0.1) is 51.2 Å². The molecule has 5 aromatic rings. The highest BCUT2D eigenvalue weighted by Crippen LogP contribution is 2.43. The minimum absolute atomic E-state index is 0.0318. The summed E-state index contributed by atoms with van der Waals surface area (Å²) in [7, 11) is 0. The number of allylic oxidation sites excluding steroid dienone is 10. The van der Waals surface area contributed by atoms with Gasteiger partial charge in [-0.05, 0) is 163 Å². The molecule has 4 aliphatic heterocycles. The smallest absolute Gasteiger partial charge is 0.137 e. The van der Waals surface area contributed by atoms with Gasteiger partial charge in [-0.1, -0.05) is 67.6 Å². The minimum Gasteiger partial charge on any atom is -0.461 e. The SMILES string of the molecule is CC1CCCC2=C1OC(/C=C/c1ccc(N(c3ccccc3)c3cccc(-c4ccc5c(c4)OC(/C=C/c4cc6c7c(c4)CCCN7CCC6)=CC5=C(C#N)C#N)c3)cc1)=CC2=C(C#N)C#N. The van der Waals surface area contributed by atoms with Gasteiger partial charge in [-0.25, -0.2) is 0 Å². The van der Waals surface area contributed by atoms with Crippen LogP contribution >= 0.6 is 0 Å². The summed E-state index contributed by atoms with van der Waals surface area (Å²) in [4.78, 5) is 4.75. The van der Waals surface area contributed by atoms with Crippen molar-refractivity contribution in [1.82, 2.24) is 0 Å². The van der Waals surface area contributed by atoms with Crippen molar-refractivity contribution >= 4 is 40.5 Å². The number of hydrogen-bond donors (Lipinski definition) is 0. The third-order valence-electron chi connectivity index (χ3n) is 13.3. The van der Waals surface area contributed by atoms with E-state index in [2.05, 4.69) is 114 Å². The first kappa shape index (κ1) is 42.4. The molecule has 0 saturated heterocycles. The van der Waals surface area contributed by atoms with Crippen LogP contribution in [0.2, 0.25) is 0 Å². The number of rotatable bonds is 8. The predicted molar refractivity (Wildman–Crippen MR) is 264 cm³/mol. The Kier molecular flexibility index (Phi) is 11.7. The zero-order valence-electron chi connectivity index (χ0n) is 37.3. The number of ether oxygens (including phenoxy) is 2. The second-order valence-electron chi connectivity index (χ2n) is 17.5. The van der Waals surface area contributed by atoms with Gasteiger partial charge in [0.05, 0.1) is 0 Å². The molecule has 0 radical (unpaired) electrons. The van der Waals surface area contributed by atoms with Crippen molar-refractivity contribution in [3.63, 3.8) is 0 Å². The fourth-order valence-electron chi connectivity index (χ4n) is 10.1. The van der Waals surface area contributed by atoms with Crippen LogP contribution in [0.25, 0.3) is 28.9 Å². The Hall–Kier alpha value is -8.56. The molecule has 5 aromatic carbocycles. The maximum absolute atomic E-state index is 10.0. The highest BCUT2D eigenvalue weighted by molar-refractivity contribution is 5.89. The van der Waals surface area contributed by atoms with Crippen molar-refractivity contribution in [2.24, 2.45) is 5.92 Å². The summed E-state index contributed by atoms with van der Waals surface area (Å²) in [6.07, 6.45) is 18.8. The molecule has 0 saturated carbocycles. The summed E-state index contributed by atoms with van der Waals surface area (Å²) >= 11 is 0. The average molecular weight is 871 g/mol. The van der Waals surface area contributed by atoms with Gasteiger partial charge in [0.15, 0.2) is 0 Å². The van der Waals surface area contributed by atoms with Gasteiger partial charge in [0, 0.05) is 64.0 Å². The van der Waals surface area contributed by atoms with Crippen LogP contribution < -0.4 is 14.5 Å². The summed E-state index contributed by atoms with van der Waals surface area (Å²) in [6, 6.07) is 45.8. The van der Waals surface area contributed by atoms with Gasteiger partial charge in [-0.15, -0.1) is 0 Å². The first-order chi connectivity index (χ1) is 32.9. The van der Waals surface area contributed by atoms with Crippen LogP contribution in [-0.4, -0.2) is 13.1 Å². The Bertz CT molecular complexity index is 3160. The number of para-hydroxylation sites is 1. The van der Waals surface area contributed by atoms with E-state index in [1.54, 1.807) is 6.08 Å². The summed E-state index contributed by atoms with van der Waals surface area (Å²) < 4.78 is 13.0. The van der Waals surface area contributed by atoms with E-state index in [-0.39, 0.29) is 17.1 Å². The van der Waals surface area contributed by atoms with Crippen LogP contribution in [0.3, 0.4) is 0 Å². The topological polar surface area (TPSA) is 120 Å². The second kappa shape index (κ2) is 18.5. The van der Waals surface area contributed by atoms with Crippen molar-refractivity contribution in [2.75, 3.05) is 22.9 Å². The maximum atomic E-state index is 10.0. The Morgan fingerprint density at radius 3 is 1.94 bits per heavy atom. The van der Waals surface area contributed by atoms with Gasteiger partial charge in [0.1, 0.15) is 58.5 Å². The Labute approximate surface area is 392 Å². The molecule has 10 rings (SSSR count). The van der Waals surface area contributed by atoms with E-state index in [1.165, 1.54) is 16.8 Å². The third kappa shape index (κ3) is 8.46. The van der Waals surface area contributed by atoms with Crippen LogP contribution in [0.15, 0.2) is 173 Å². The molecular weight excluding hydrogens is 825 g/mol. The summed E-state index contributed by atoms with van der Waals surface area (Å²) in [6.45, 7) is 4.39. The standard InChI is InChI=1S/C59H46N6O2/c1-39-9-5-16-54-56(47(37-62)38-63)34-52(67-59(39)54)24-19-40-17-22-49(23-18-40)65(48-13-3-2-4-14-48)50-15-6-10-42(31-50)43-21-26-53-55(46(35-60)36-61)33-51(66-57(53)32-43)25-20-41-29-44-11-7-27-64-28-8-12-45(30-41)58(44)64/h2-4,6,10,13-15,17-26,29-34,39H,5,7-9,11-12,16,27-28H2,1H3/b24-19+,25-20+. The van der Waals surface area contributed by atoms with Crippen LogP contribution in [0.1, 0.15) is 66.8 Å². The van der Waals surface area contributed by atoms with Crippen molar-refractivity contribution in [2.45, 2.75) is 51.9 Å². The first-order valence-electron chi connectivity index (χ1n) is 23.0. The van der Waals surface area contributed by atoms with Crippen molar-refractivity contribution in [3.05, 3.63) is 201 Å².